The number of nitrogens with two attached hydrogens (primary N) is 2. The molecule has 1 aliphatic rings. The van der Waals surface area contributed by atoms with Crippen molar-refractivity contribution in [2.45, 2.75) is 19.9 Å². The second-order valence-corrected chi connectivity index (χ2v) is 6.28. The number of hydrogen-bond acceptors (Lipinski definition) is 6. The molecule has 0 bridgehead atoms. The SMILES string of the molecule is C/C(N)=C/C(N)=Nc1cncc(Nc2ccc3c(c2)CN(C)CC3)n1. The molecule has 0 spiro atoms. The second kappa shape index (κ2) is 7.31. The van der Waals surface area contributed by atoms with Crippen LogP contribution < -0.4 is 16.8 Å². The van der Waals surface area contributed by atoms with Crippen molar-refractivity contribution in [3.8, 4) is 0 Å². The van der Waals surface area contributed by atoms with Crippen LogP contribution in [0.3, 0.4) is 0 Å². The van der Waals surface area contributed by atoms with Gasteiger partial charge in [-0.25, -0.2) is 9.98 Å². The number of nitrogens with zero attached hydrogens (tertiary/aromatic N) is 4. The van der Waals surface area contributed by atoms with Crippen molar-refractivity contribution in [1.29, 1.82) is 0 Å². The molecule has 0 amide bonds. The first-order valence-corrected chi connectivity index (χ1v) is 8.17. The lowest BCUT2D eigenvalue weighted by Gasteiger charge is -2.25. The number of aromatic nitrogens is 2. The van der Waals surface area contributed by atoms with Crippen molar-refractivity contribution >= 4 is 23.2 Å². The number of allylic oxidation sites excluding steroid dienone is 1. The third-order valence-electron chi connectivity index (χ3n) is 3.92. The standard InChI is InChI=1S/C18H23N7/c1-12(19)7-16(20)23-18-10-21-9-17(24-18)22-15-4-3-13-5-6-25(2)11-14(13)8-15/h3-4,7-10H,5-6,11,19H2,1-2H3,(H3,20,22,23,24)/b12-7-. The molecule has 0 atom stereocenters. The van der Waals surface area contributed by atoms with Crippen molar-refractivity contribution in [1.82, 2.24) is 14.9 Å². The summed E-state index contributed by atoms with van der Waals surface area (Å²) in [7, 11) is 2.14. The minimum Gasteiger partial charge on any atom is -0.402 e. The van der Waals surface area contributed by atoms with Crippen molar-refractivity contribution in [3.05, 3.63) is 53.5 Å². The number of rotatable bonds is 4. The minimum absolute atomic E-state index is 0.295. The van der Waals surface area contributed by atoms with Crippen LogP contribution in [-0.2, 0) is 13.0 Å². The summed E-state index contributed by atoms with van der Waals surface area (Å²) in [5.41, 5.74) is 15.7. The van der Waals surface area contributed by atoms with Gasteiger partial charge in [0.1, 0.15) is 5.84 Å². The Morgan fingerprint density at radius 1 is 1.28 bits per heavy atom. The fourth-order valence-electron chi connectivity index (χ4n) is 2.79. The van der Waals surface area contributed by atoms with Crippen molar-refractivity contribution in [2.24, 2.45) is 16.5 Å². The van der Waals surface area contributed by atoms with E-state index in [4.69, 9.17) is 11.5 Å². The summed E-state index contributed by atoms with van der Waals surface area (Å²) >= 11 is 0. The summed E-state index contributed by atoms with van der Waals surface area (Å²) < 4.78 is 0. The molecule has 2 aromatic rings. The van der Waals surface area contributed by atoms with E-state index < -0.39 is 0 Å². The van der Waals surface area contributed by atoms with Gasteiger partial charge < -0.3 is 21.7 Å². The van der Waals surface area contributed by atoms with E-state index >= 15 is 0 Å². The summed E-state index contributed by atoms with van der Waals surface area (Å²) in [4.78, 5) is 15.1. The van der Waals surface area contributed by atoms with Gasteiger partial charge >= 0.3 is 0 Å². The van der Waals surface area contributed by atoms with Gasteiger partial charge in [-0.1, -0.05) is 6.07 Å². The van der Waals surface area contributed by atoms with Crippen LogP contribution >= 0.6 is 0 Å². The van der Waals surface area contributed by atoms with E-state index in [0.29, 0.717) is 23.2 Å². The van der Waals surface area contributed by atoms with Crippen LogP contribution in [0.4, 0.5) is 17.3 Å². The topological polar surface area (TPSA) is 105 Å². The smallest absolute Gasteiger partial charge is 0.174 e. The Bertz CT molecular complexity index is 822. The maximum atomic E-state index is 5.80. The molecule has 0 saturated heterocycles. The summed E-state index contributed by atoms with van der Waals surface area (Å²) in [5, 5.41) is 3.28. The highest BCUT2D eigenvalue weighted by atomic mass is 15.1. The van der Waals surface area contributed by atoms with Crippen molar-refractivity contribution in [3.63, 3.8) is 0 Å². The molecule has 0 unspecified atom stereocenters. The van der Waals surface area contributed by atoms with E-state index in [1.165, 1.54) is 11.1 Å². The predicted octanol–water partition coefficient (Wildman–Crippen LogP) is 2.06. The molecule has 2 heterocycles. The van der Waals surface area contributed by atoms with Gasteiger partial charge in [0.25, 0.3) is 0 Å². The molecule has 1 aromatic carbocycles. The molecule has 130 valence electrons. The lowest BCUT2D eigenvalue weighted by Crippen LogP contribution is -2.26. The van der Waals surface area contributed by atoms with Gasteiger partial charge in [0.05, 0.1) is 12.4 Å². The number of amidine groups is 1. The molecule has 0 saturated carbocycles. The Kier molecular flexibility index (Phi) is 4.95. The number of anilines is 2. The molecular formula is C18H23N7. The van der Waals surface area contributed by atoms with Crippen LogP contribution in [0.2, 0.25) is 0 Å². The molecule has 1 aromatic heterocycles. The zero-order valence-corrected chi connectivity index (χ0v) is 14.5. The summed E-state index contributed by atoms with van der Waals surface area (Å²) in [5.74, 6) is 1.34. The van der Waals surface area contributed by atoms with Crippen LogP contribution in [0.1, 0.15) is 18.1 Å². The molecule has 0 radical (unpaired) electrons. The Balaban J connectivity index is 1.79. The molecule has 0 aliphatic carbocycles. The highest BCUT2D eigenvalue weighted by Crippen LogP contribution is 2.24. The average molecular weight is 337 g/mol. The maximum Gasteiger partial charge on any atom is 0.174 e. The van der Waals surface area contributed by atoms with Gasteiger partial charge in [-0.3, -0.25) is 4.98 Å². The molecule has 3 rings (SSSR count). The quantitative estimate of drug-likeness (QED) is 0.582. The van der Waals surface area contributed by atoms with Gasteiger partial charge in [-0.2, -0.15) is 0 Å². The largest absolute Gasteiger partial charge is 0.402 e. The van der Waals surface area contributed by atoms with E-state index in [1.807, 2.05) is 0 Å². The van der Waals surface area contributed by atoms with E-state index in [1.54, 1.807) is 25.4 Å². The minimum atomic E-state index is 0.295. The highest BCUT2D eigenvalue weighted by molar-refractivity contribution is 5.93. The fraction of sp³-hybridized carbons (Fsp3) is 0.278. The van der Waals surface area contributed by atoms with Crippen LogP contribution in [0.15, 0.2) is 47.4 Å². The zero-order valence-electron chi connectivity index (χ0n) is 14.5. The van der Waals surface area contributed by atoms with Gasteiger partial charge in [0.2, 0.25) is 0 Å². The van der Waals surface area contributed by atoms with Gasteiger partial charge in [-0.05, 0) is 49.7 Å². The molecule has 1 aliphatic heterocycles. The van der Waals surface area contributed by atoms with Crippen LogP contribution in [0, 0.1) is 0 Å². The lowest BCUT2D eigenvalue weighted by molar-refractivity contribution is 0.313. The van der Waals surface area contributed by atoms with E-state index in [-0.39, 0.29) is 0 Å². The van der Waals surface area contributed by atoms with E-state index in [0.717, 1.165) is 25.2 Å². The van der Waals surface area contributed by atoms with Gasteiger partial charge in [-0.15, -0.1) is 0 Å². The number of nitrogens with one attached hydrogen (secondary N) is 1. The molecule has 0 fully saturated rings. The number of hydrogen-bond donors (Lipinski definition) is 3. The maximum absolute atomic E-state index is 5.80. The Hall–Kier alpha value is -2.93. The molecule has 25 heavy (non-hydrogen) atoms. The predicted molar refractivity (Wildman–Crippen MR) is 101 cm³/mol. The number of fused-ring (bicyclic) bond motifs is 1. The van der Waals surface area contributed by atoms with Gasteiger partial charge in [0.15, 0.2) is 11.6 Å². The number of likely N-dealkylation sites (N-methyl/N-ethyl adjacent to an activating group) is 1. The average Bonchev–Trinajstić information content (AvgIpc) is 2.54. The highest BCUT2D eigenvalue weighted by Gasteiger charge is 2.13. The number of benzene rings is 1. The summed E-state index contributed by atoms with van der Waals surface area (Å²) in [6, 6.07) is 6.40. The fourth-order valence-corrected chi connectivity index (χ4v) is 2.79. The first kappa shape index (κ1) is 16.9. The number of aliphatic imine (C=N–C) groups is 1. The summed E-state index contributed by atoms with van der Waals surface area (Å²) in [6.45, 7) is 3.81. The summed E-state index contributed by atoms with van der Waals surface area (Å²) in [6.07, 6.45) is 5.88. The molecule has 7 heteroatoms. The monoisotopic (exact) mass is 337 g/mol. The Morgan fingerprint density at radius 2 is 2.12 bits per heavy atom. The third kappa shape index (κ3) is 4.54. The first-order valence-electron chi connectivity index (χ1n) is 8.17. The first-order chi connectivity index (χ1) is 12.0. The second-order valence-electron chi connectivity index (χ2n) is 6.28. The van der Waals surface area contributed by atoms with Crippen molar-refractivity contribution < 1.29 is 0 Å². The van der Waals surface area contributed by atoms with Crippen molar-refractivity contribution in [2.75, 3.05) is 18.9 Å². The van der Waals surface area contributed by atoms with Gasteiger partial charge in [0, 0.05) is 24.5 Å². The lowest BCUT2D eigenvalue weighted by atomic mass is 9.99. The molecular weight excluding hydrogens is 314 g/mol. The zero-order chi connectivity index (χ0) is 17.8. The van der Waals surface area contributed by atoms with E-state index in [2.05, 4.69) is 50.4 Å². The van der Waals surface area contributed by atoms with E-state index in [9.17, 15) is 0 Å². The Morgan fingerprint density at radius 3 is 2.92 bits per heavy atom. The normalized spacial score (nSPS) is 15.8. The third-order valence-corrected chi connectivity index (χ3v) is 3.92. The van der Waals surface area contributed by atoms with Crippen LogP contribution in [0.5, 0.6) is 0 Å². The van der Waals surface area contributed by atoms with Crippen LogP contribution in [-0.4, -0.2) is 34.3 Å². The Labute approximate surface area is 147 Å². The molecule has 7 nitrogen and oxygen atoms in total. The van der Waals surface area contributed by atoms with Crippen LogP contribution in [0.25, 0.3) is 0 Å². The molecule has 5 N–H and O–H groups in total.